The molecule has 0 aliphatic rings. The van der Waals surface area contributed by atoms with Gasteiger partial charge in [-0.25, -0.2) is 0 Å². The number of hydrogen-bond acceptors (Lipinski definition) is 5. The van der Waals surface area contributed by atoms with Crippen LogP contribution in [0.1, 0.15) is 28.1 Å². The lowest BCUT2D eigenvalue weighted by Crippen LogP contribution is -2.15. The molecule has 0 atom stereocenters. The molecular weight excluding hydrogens is 384 g/mol. The van der Waals surface area contributed by atoms with Gasteiger partial charge in [-0.15, -0.1) is 10.2 Å². The van der Waals surface area contributed by atoms with Crippen molar-refractivity contribution in [3.63, 3.8) is 0 Å². The van der Waals surface area contributed by atoms with Crippen molar-refractivity contribution in [3.8, 4) is 5.75 Å². The maximum atomic E-state index is 12.3. The molecule has 1 heterocycles. The molecule has 0 bridgehead atoms. The second-order valence-electron chi connectivity index (χ2n) is 7.03. The Balaban J connectivity index is 1.57. The summed E-state index contributed by atoms with van der Waals surface area (Å²) in [6, 6.07) is 11.9. The van der Waals surface area contributed by atoms with Gasteiger partial charge in [0.1, 0.15) is 12.4 Å². The monoisotopic (exact) mass is 410 g/mol. The van der Waals surface area contributed by atoms with Gasteiger partial charge in [-0.1, -0.05) is 36.0 Å². The molecule has 6 nitrogen and oxygen atoms in total. The highest BCUT2D eigenvalue weighted by atomic mass is 32.2. The maximum Gasteiger partial charge on any atom is 0.234 e. The summed E-state index contributed by atoms with van der Waals surface area (Å²) in [7, 11) is 1.88. The number of carbonyl (C=O) groups excluding carboxylic acids is 1. The molecule has 1 N–H and O–H groups in total. The van der Waals surface area contributed by atoms with Crippen LogP contribution in [0.25, 0.3) is 0 Å². The average molecular weight is 411 g/mol. The molecule has 0 spiro atoms. The molecule has 1 amide bonds. The van der Waals surface area contributed by atoms with Crippen LogP contribution in [0.15, 0.2) is 41.6 Å². The van der Waals surface area contributed by atoms with Crippen molar-refractivity contribution in [3.05, 3.63) is 64.5 Å². The van der Waals surface area contributed by atoms with Crippen LogP contribution < -0.4 is 10.1 Å². The first kappa shape index (κ1) is 20.9. The van der Waals surface area contributed by atoms with Gasteiger partial charge in [0.15, 0.2) is 11.0 Å². The first-order valence-electron chi connectivity index (χ1n) is 9.43. The van der Waals surface area contributed by atoms with E-state index < -0.39 is 0 Å². The molecule has 1 aromatic heterocycles. The van der Waals surface area contributed by atoms with E-state index in [2.05, 4.69) is 28.5 Å². The van der Waals surface area contributed by atoms with E-state index in [1.54, 1.807) is 0 Å². The van der Waals surface area contributed by atoms with Gasteiger partial charge in [0, 0.05) is 12.7 Å². The van der Waals surface area contributed by atoms with E-state index in [0.29, 0.717) is 17.6 Å². The van der Waals surface area contributed by atoms with Crippen molar-refractivity contribution in [2.24, 2.45) is 7.05 Å². The normalized spacial score (nSPS) is 10.8. The van der Waals surface area contributed by atoms with Gasteiger partial charge in [-0.2, -0.15) is 0 Å². The molecule has 0 aliphatic heterocycles. The molecular formula is C22H26N4O2S. The van der Waals surface area contributed by atoms with E-state index in [0.717, 1.165) is 28.1 Å². The molecule has 2 aromatic carbocycles. The van der Waals surface area contributed by atoms with Crippen LogP contribution in [0.5, 0.6) is 5.75 Å². The van der Waals surface area contributed by atoms with Gasteiger partial charge in [-0.05, 0) is 62.1 Å². The number of amides is 1. The van der Waals surface area contributed by atoms with Crippen molar-refractivity contribution in [1.82, 2.24) is 14.8 Å². The Morgan fingerprint density at radius 2 is 1.72 bits per heavy atom. The minimum absolute atomic E-state index is 0.0696. The molecule has 152 valence electrons. The van der Waals surface area contributed by atoms with Crippen LogP contribution in [0.4, 0.5) is 5.69 Å². The maximum absolute atomic E-state index is 12.3. The molecule has 0 radical (unpaired) electrons. The van der Waals surface area contributed by atoms with E-state index in [4.69, 9.17) is 4.74 Å². The van der Waals surface area contributed by atoms with Gasteiger partial charge in [-0.3, -0.25) is 4.79 Å². The average Bonchev–Trinajstić information content (AvgIpc) is 3.05. The largest absolute Gasteiger partial charge is 0.485 e. The zero-order valence-corrected chi connectivity index (χ0v) is 18.3. The van der Waals surface area contributed by atoms with Gasteiger partial charge in [0.2, 0.25) is 5.91 Å². The Labute approximate surface area is 175 Å². The van der Waals surface area contributed by atoms with E-state index in [1.807, 2.05) is 62.7 Å². The Hall–Kier alpha value is -2.80. The zero-order valence-electron chi connectivity index (χ0n) is 17.4. The van der Waals surface area contributed by atoms with Gasteiger partial charge in [0.25, 0.3) is 0 Å². The third-order valence-corrected chi connectivity index (χ3v) is 6.07. The quantitative estimate of drug-likeness (QED) is 0.586. The Bertz CT molecular complexity index is 1030. The number of anilines is 1. The summed E-state index contributed by atoms with van der Waals surface area (Å²) < 4.78 is 7.78. The van der Waals surface area contributed by atoms with Crippen molar-refractivity contribution >= 4 is 23.4 Å². The molecule has 0 saturated carbocycles. The highest BCUT2D eigenvalue weighted by Gasteiger charge is 2.13. The zero-order chi connectivity index (χ0) is 21.0. The number of thioether (sulfide) groups is 1. The summed E-state index contributed by atoms with van der Waals surface area (Å²) in [5, 5.41) is 12.0. The van der Waals surface area contributed by atoms with Crippen LogP contribution in [0.3, 0.4) is 0 Å². The topological polar surface area (TPSA) is 69.0 Å². The predicted molar refractivity (Wildman–Crippen MR) is 117 cm³/mol. The summed E-state index contributed by atoms with van der Waals surface area (Å²) >= 11 is 1.35. The van der Waals surface area contributed by atoms with Crippen LogP contribution in [-0.2, 0) is 18.4 Å². The molecule has 29 heavy (non-hydrogen) atoms. The van der Waals surface area contributed by atoms with Crippen molar-refractivity contribution in [2.75, 3.05) is 11.1 Å². The van der Waals surface area contributed by atoms with E-state index in [-0.39, 0.29) is 11.7 Å². The minimum Gasteiger partial charge on any atom is -0.485 e. The number of benzene rings is 2. The van der Waals surface area contributed by atoms with Gasteiger partial charge >= 0.3 is 0 Å². The van der Waals surface area contributed by atoms with Gasteiger partial charge < -0.3 is 14.6 Å². The second kappa shape index (κ2) is 9.13. The van der Waals surface area contributed by atoms with Crippen LogP contribution in [0.2, 0.25) is 0 Å². The minimum atomic E-state index is -0.0696. The number of aromatic nitrogens is 3. The first-order valence-corrected chi connectivity index (χ1v) is 10.4. The number of nitrogens with one attached hydrogen (secondary N) is 1. The smallest absolute Gasteiger partial charge is 0.234 e. The molecule has 0 saturated heterocycles. The predicted octanol–water partition coefficient (Wildman–Crippen LogP) is 4.36. The molecule has 0 aliphatic carbocycles. The molecule has 0 fully saturated rings. The van der Waals surface area contributed by atoms with Crippen LogP contribution in [0, 0.1) is 27.7 Å². The van der Waals surface area contributed by atoms with E-state index in [9.17, 15) is 4.79 Å². The highest BCUT2D eigenvalue weighted by molar-refractivity contribution is 7.99. The SMILES string of the molecule is Cc1cccc(NC(=O)CSc2nnc(COc3cccc(C)c3C)n2C)c1C. The Kier molecular flexibility index (Phi) is 6.59. The van der Waals surface area contributed by atoms with Crippen LogP contribution in [-0.4, -0.2) is 26.4 Å². The Morgan fingerprint density at radius 1 is 1.03 bits per heavy atom. The number of hydrogen-bond donors (Lipinski definition) is 1. The number of ether oxygens (including phenoxy) is 1. The standard InChI is InChI=1S/C22H26N4O2S/c1-14-8-6-10-18(16(14)3)23-21(27)13-29-22-25-24-20(26(22)5)12-28-19-11-7-9-15(2)17(19)4/h6-11H,12-13H2,1-5H3,(H,23,27). The van der Waals surface area contributed by atoms with Gasteiger partial charge in [0.05, 0.1) is 5.75 Å². The van der Waals surface area contributed by atoms with E-state index in [1.165, 1.54) is 17.3 Å². The third-order valence-electron chi connectivity index (χ3n) is 5.05. The number of nitrogens with zero attached hydrogens (tertiary/aromatic N) is 3. The van der Waals surface area contributed by atoms with Crippen LogP contribution >= 0.6 is 11.8 Å². The number of carbonyl (C=O) groups is 1. The fourth-order valence-electron chi connectivity index (χ4n) is 2.82. The fourth-order valence-corrected chi connectivity index (χ4v) is 3.55. The summed E-state index contributed by atoms with van der Waals surface area (Å²) in [4.78, 5) is 12.3. The van der Waals surface area contributed by atoms with Crippen molar-refractivity contribution in [1.29, 1.82) is 0 Å². The lowest BCUT2D eigenvalue weighted by Gasteiger charge is -2.11. The molecule has 3 aromatic rings. The number of rotatable bonds is 7. The lowest BCUT2D eigenvalue weighted by atomic mass is 10.1. The molecule has 3 rings (SSSR count). The second-order valence-corrected chi connectivity index (χ2v) is 7.97. The third kappa shape index (κ3) is 4.98. The summed E-state index contributed by atoms with van der Waals surface area (Å²) in [6.45, 7) is 8.45. The number of aryl methyl sites for hydroxylation is 2. The lowest BCUT2D eigenvalue weighted by molar-refractivity contribution is -0.113. The first-order chi connectivity index (χ1) is 13.9. The summed E-state index contributed by atoms with van der Waals surface area (Å²) in [5.41, 5.74) is 5.38. The van der Waals surface area contributed by atoms with Crippen molar-refractivity contribution < 1.29 is 9.53 Å². The highest BCUT2D eigenvalue weighted by Crippen LogP contribution is 2.23. The fraction of sp³-hybridized carbons (Fsp3) is 0.318. The summed E-state index contributed by atoms with van der Waals surface area (Å²) in [6.07, 6.45) is 0. The van der Waals surface area contributed by atoms with E-state index >= 15 is 0 Å². The molecule has 7 heteroatoms. The van der Waals surface area contributed by atoms with Crippen molar-refractivity contribution in [2.45, 2.75) is 39.5 Å². The Morgan fingerprint density at radius 3 is 2.48 bits per heavy atom. The summed E-state index contributed by atoms with van der Waals surface area (Å²) in [5.74, 6) is 1.75. The molecule has 0 unspecified atom stereocenters.